The van der Waals surface area contributed by atoms with Crippen molar-refractivity contribution in [3.63, 3.8) is 0 Å². The zero-order valence-corrected chi connectivity index (χ0v) is 14.8. The Morgan fingerprint density at radius 1 is 1.14 bits per heavy atom. The minimum Gasteiger partial charge on any atom is -0.340 e. The maximum atomic E-state index is 12.6. The molecule has 2 fully saturated rings. The third-order valence-electron chi connectivity index (χ3n) is 4.51. The van der Waals surface area contributed by atoms with Crippen molar-refractivity contribution in [2.75, 3.05) is 52.1 Å². The number of carbonyl (C=O) groups excluding carboxylic acids is 1. The van der Waals surface area contributed by atoms with Crippen molar-refractivity contribution in [1.29, 1.82) is 0 Å². The Bertz CT molecular complexity index is 484. The highest BCUT2D eigenvalue weighted by Crippen LogP contribution is 2.21. The van der Waals surface area contributed by atoms with Crippen LogP contribution in [0.1, 0.15) is 26.7 Å². The van der Waals surface area contributed by atoms with Gasteiger partial charge in [-0.2, -0.15) is 0 Å². The lowest BCUT2D eigenvalue weighted by atomic mass is 9.97. The van der Waals surface area contributed by atoms with Crippen LogP contribution in [0.15, 0.2) is 0 Å². The fraction of sp³-hybridized carbons (Fsp3) is 0.933. The molecule has 0 bridgehead atoms. The van der Waals surface area contributed by atoms with Gasteiger partial charge in [0.1, 0.15) is 0 Å². The van der Waals surface area contributed by atoms with Crippen molar-refractivity contribution in [1.82, 2.24) is 14.1 Å². The predicted octanol–water partition coefficient (Wildman–Crippen LogP) is 0.458. The summed E-state index contributed by atoms with van der Waals surface area (Å²) in [7, 11) is -3.19. The number of nitrogens with zero attached hydrogens (tertiary/aromatic N) is 3. The first-order valence-corrected chi connectivity index (χ1v) is 10.1. The molecule has 1 unspecified atom stereocenters. The molecule has 2 aliphatic rings. The van der Waals surface area contributed by atoms with Crippen LogP contribution in [0, 0.1) is 11.8 Å². The molecule has 0 aromatic rings. The van der Waals surface area contributed by atoms with E-state index in [0.29, 0.717) is 19.0 Å². The van der Waals surface area contributed by atoms with Crippen molar-refractivity contribution in [3.8, 4) is 0 Å². The van der Waals surface area contributed by atoms with E-state index in [1.165, 1.54) is 10.6 Å². The van der Waals surface area contributed by atoms with Gasteiger partial charge < -0.3 is 4.90 Å². The average molecular weight is 331 g/mol. The largest absolute Gasteiger partial charge is 0.340 e. The quantitative estimate of drug-likeness (QED) is 0.751. The van der Waals surface area contributed by atoms with Crippen molar-refractivity contribution < 1.29 is 13.2 Å². The molecule has 2 heterocycles. The fourth-order valence-electron chi connectivity index (χ4n) is 3.37. The molecule has 0 aliphatic carbocycles. The normalized spacial score (nSPS) is 25.6. The van der Waals surface area contributed by atoms with Gasteiger partial charge in [-0.3, -0.25) is 9.69 Å². The molecule has 1 atom stereocenters. The summed E-state index contributed by atoms with van der Waals surface area (Å²) in [5, 5.41) is 0. The smallest absolute Gasteiger partial charge is 0.227 e. The fourth-order valence-corrected chi connectivity index (χ4v) is 4.28. The van der Waals surface area contributed by atoms with E-state index in [0.717, 1.165) is 45.6 Å². The average Bonchev–Trinajstić information content (AvgIpc) is 2.46. The number of carbonyl (C=O) groups is 1. The Balaban J connectivity index is 1.87. The van der Waals surface area contributed by atoms with Gasteiger partial charge in [0.15, 0.2) is 0 Å². The van der Waals surface area contributed by atoms with Crippen LogP contribution in [-0.2, 0) is 14.8 Å². The summed E-state index contributed by atoms with van der Waals surface area (Å²) in [4.78, 5) is 17.0. The van der Waals surface area contributed by atoms with Crippen molar-refractivity contribution in [2.24, 2.45) is 11.8 Å². The topological polar surface area (TPSA) is 60.9 Å². The van der Waals surface area contributed by atoms with Gasteiger partial charge in [-0.25, -0.2) is 12.7 Å². The predicted molar refractivity (Wildman–Crippen MR) is 87.0 cm³/mol. The minimum absolute atomic E-state index is 0.137. The summed E-state index contributed by atoms with van der Waals surface area (Å²) < 4.78 is 24.8. The van der Waals surface area contributed by atoms with Crippen LogP contribution in [0.5, 0.6) is 0 Å². The highest BCUT2D eigenvalue weighted by atomic mass is 32.2. The Labute approximate surface area is 134 Å². The Hall–Kier alpha value is -0.660. The van der Waals surface area contributed by atoms with Crippen LogP contribution in [0.4, 0.5) is 0 Å². The number of hydrogen-bond acceptors (Lipinski definition) is 4. The zero-order valence-electron chi connectivity index (χ0n) is 14.0. The van der Waals surface area contributed by atoms with Crippen LogP contribution in [0.3, 0.4) is 0 Å². The standard InChI is InChI=1S/C15H29N3O3S/c1-13(2)11-16-7-9-17(10-8-16)15(19)14-5-4-6-18(12-14)22(3,20)21/h13-14H,4-12H2,1-3H3. The summed E-state index contributed by atoms with van der Waals surface area (Å²) in [6, 6.07) is 0. The third kappa shape index (κ3) is 4.67. The van der Waals surface area contributed by atoms with Crippen LogP contribution in [0.25, 0.3) is 0 Å². The van der Waals surface area contributed by atoms with Gasteiger partial charge in [0.2, 0.25) is 15.9 Å². The summed E-state index contributed by atoms with van der Waals surface area (Å²) in [5.41, 5.74) is 0. The Kier molecular flexibility index (Phi) is 5.85. The van der Waals surface area contributed by atoms with Gasteiger partial charge >= 0.3 is 0 Å². The number of piperazine rings is 1. The van der Waals surface area contributed by atoms with Crippen molar-refractivity contribution in [2.45, 2.75) is 26.7 Å². The van der Waals surface area contributed by atoms with Crippen LogP contribution < -0.4 is 0 Å². The molecule has 0 aromatic heterocycles. The van der Waals surface area contributed by atoms with E-state index in [4.69, 9.17) is 0 Å². The number of piperidine rings is 1. The number of rotatable bonds is 4. The summed E-state index contributed by atoms with van der Waals surface area (Å²) >= 11 is 0. The van der Waals surface area contributed by atoms with E-state index in [1.54, 1.807) is 0 Å². The van der Waals surface area contributed by atoms with Gasteiger partial charge in [-0.1, -0.05) is 13.8 Å². The van der Waals surface area contributed by atoms with E-state index in [1.807, 2.05) is 4.90 Å². The van der Waals surface area contributed by atoms with Crippen LogP contribution in [-0.4, -0.2) is 80.5 Å². The molecule has 7 heteroatoms. The Morgan fingerprint density at radius 3 is 2.32 bits per heavy atom. The molecular weight excluding hydrogens is 302 g/mol. The number of hydrogen-bond donors (Lipinski definition) is 0. The zero-order chi connectivity index (χ0) is 16.3. The Morgan fingerprint density at radius 2 is 1.77 bits per heavy atom. The SMILES string of the molecule is CC(C)CN1CCN(C(=O)C2CCCN(S(C)(=O)=O)C2)CC1. The molecule has 128 valence electrons. The molecule has 0 N–H and O–H groups in total. The molecular formula is C15H29N3O3S. The van der Waals surface area contributed by atoms with E-state index in [-0.39, 0.29) is 11.8 Å². The van der Waals surface area contributed by atoms with Gasteiger partial charge in [0.05, 0.1) is 12.2 Å². The van der Waals surface area contributed by atoms with Crippen LogP contribution in [0.2, 0.25) is 0 Å². The highest BCUT2D eigenvalue weighted by Gasteiger charge is 2.33. The maximum absolute atomic E-state index is 12.6. The second-order valence-electron chi connectivity index (χ2n) is 6.98. The molecule has 6 nitrogen and oxygen atoms in total. The monoisotopic (exact) mass is 331 g/mol. The van der Waals surface area contributed by atoms with E-state index < -0.39 is 10.0 Å². The molecule has 22 heavy (non-hydrogen) atoms. The molecule has 0 aromatic carbocycles. The lowest BCUT2D eigenvalue weighted by Gasteiger charge is -2.39. The second kappa shape index (κ2) is 7.27. The number of sulfonamides is 1. The van der Waals surface area contributed by atoms with E-state index in [2.05, 4.69) is 18.7 Å². The van der Waals surface area contributed by atoms with E-state index >= 15 is 0 Å². The molecule has 0 radical (unpaired) electrons. The summed E-state index contributed by atoms with van der Waals surface area (Å²) in [5.74, 6) is 0.613. The van der Waals surface area contributed by atoms with E-state index in [9.17, 15) is 13.2 Å². The van der Waals surface area contributed by atoms with Gasteiger partial charge in [0, 0.05) is 45.8 Å². The first-order chi connectivity index (χ1) is 10.3. The van der Waals surface area contributed by atoms with Crippen LogP contribution >= 0.6 is 0 Å². The van der Waals surface area contributed by atoms with Crippen molar-refractivity contribution in [3.05, 3.63) is 0 Å². The molecule has 0 saturated carbocycles. The first kappa shape index (κ1) is 17.7. The minimum atomic E-state index is -3.19. The molecule has 1 amide bonds. The van der Waals surface area contributed by atoms with Gasteiger partial charge in [-0.15, -0.1) is 0 Å². The lowest BCUT2D eigenvalue weighted by Crippen LogP contribution is -2.53. The van der Waals surface area contributed by atoms with Gasteiger partial charge in [-0.05, 0) is 18.8 Å². The first-order valence-electron chi connectivity index (χ1n) is 8.23. The molecule has 0 spiro atoms. The van der Waals surface area contributed by atoms with Gasteiger partial charge in [0.25, 0.3) is 0 Å². The maximum Gasteiger partial charge on any atom is 0.227 e. The molecule has 2 rings (SSSR count). The summed E-state index contributed by atoms with van der Waals surface area (Å²) in [6.07, 6.45) is 2.80. The molecule has 2 saturated heterocycles. The lowest BCUT2D eigenvalue weighted by molar-refractivity contribution is -0.138. The molecule has 2 aliphatic heterocycles. The second-order valence-corrected chi connectivity index (χ2v) is 8.96. The van der Waals surface area contributed by atoms with Crippen molar-refractivity contribution >= 4 is 15.9 Å². The highest BCUT2D eigenvalue weighted by molar-refractivity contribution is 7.88. The number of amides is 1. The third-order valence-corrected chi connectivity index (χ3v) is 5.78. The summed E-state index contributed by atoms with van der Waals surface area (Å²) in [6.45, 7) is 9.77.